The van der Waals surface area contributed by atoms with E-state index >= 15 is 0 Å². The van der Waals surface area contributed by atoms with Gasteiger partial charge in [0.15, 0.2) is 0 Å². The van der Waals surface area contributed by atoms with Gasteiger partial charge in [0.2, 0.25) is 0 Å². The van der Waals surface area contributed by atoms with Crippen LogP contribution in [0.25, 0.3) is 11.1 Å². The SMILES string of the molecule is CCOc1cc(-c2ccc(N)cc2)ccc1C. The minimum absolute atomic E-state index is 0.687. The molecule has 17 heavy (non-hydrogen) atoms. The van der Waals surface area contributed by atoms with Crippen molar-refractivity contribution >= 4 is 5.69 Å². The summed E-state index contributed by atoms with van der Waals surface area (Å²) < 4.78 is 5.60. The van der Waals surface area contributed by atoms with Crippen LogP contribution >= 0.6 is 0 Å². The van der Waals surface area contributed by atoms with Crippen LogP contribution in [-0.4, -0.2) is 6.61 Å². The van der Waals surface area contributed by atoms with Crippen LogP contribution in [0.3, 0.4) is 0 Å². The molecule has 2 aromatic rings. The summed E-state index contributed by atoms with van der Waals surface area (Å²) in [6.07, 6.45) is 0. The van der Waals surface area contributed by atoms with Crippen LogP contribution in [0.5, 0.6) is 5.75 Å². The smallest absolute Gasteiger partial charge is 0.122 e. The zero-order valence-electron chi connectivity index (χ0n) is 10.2. The molecule has 0 amide bonds. The molecule has 0 radical (unpaired) electrons. The molecule has 0 saturated carbocycles. The minimum atomic E-state index is 0.687. The molecule has 0 aliphatic heterocycles. The van der Waals surface area contributed by atoms with Gasteiger partial charge < -0.3 is 10.5 Å². The first-order chi connectivity index (χ1) is 8.20. The largest absolute Gasteiger partial charge is 0.494 e. The lowest BCUT2D eigenvalue weighted by atomic mass is 10.0. The Morgan fingerprint density at radius 2 is 1.65 bits per heavy atom. The third-order valence-electron chi connectivity index (χ3n) is 2.73. The maximum Gasteiger partial charge on any atom is 0.122 e. The van der Waals surface area contributed by atoms with Gasteiger partial charge >= 0.3 is 0 Å². The summed E-state index contributed by atoms with van der Waals surface area (Å²) in [5.74, 6) is 0.946. The average Bonchev–Trinajstić information content (AvgIpc) is 2.33. The number of nitrogen functional groups attached to an aromatic ring is 1. The first-order valence-electron chi connectivity index (χ1n) is 5.80. The van der Waals surface area contributed by atoms with Gasteiger partial charge in [-0.1, -0.05) is 24.3 Å². The van der Waals surface area contributed by atoms with Crippen molar-refractivity contribution in [2.45, 2.75) is 13.8 Å². The summed E-state index contributed by atoms with van der Waals surface area (Å²) in [5.41, 5.74) is 9.93. The van der Waals surface area contributed by atoms with Gasteiger partial charge in [0.25, 0.3) is 0 Å². The Morgan fingerprint density at radius 3 is 2.29 bits per heavy atom. The first kappa shape index (κ1) is 11.5. The molecule has 0 bridgehead atoms. The molecule has 2 N–H and O–H groups in total. The lowest BCUT2D eigenvalue weighted by Gasteiger charge is -2.09. The lowest BCUT2D eigenvalue weighted by molar-refractivity contribution is 0.338. The zero-order valence-corrected chi connectivity index (χ0v) is 10.2. The van der Waals surface area contributed by atoms with E-state index in [1.807, 2.05) is 31.2 Å². The van der Waals surface area contributed by atoms with Gasteiger partial charge in [-0.2, -0.15) is 0 Å². The lowest BCUT2D eigenvalue weighted by Crippen LogP contribution is -1.94. The van der Waals surface area contributed by atoms with E-state index in [2.05, 4.69) is 25.1 Å². The summed E-state index contributed by atoms with van der Waals surface area (Å²) >= 11 is 0. The number of benzene rings is 2. The van der Waals surface area contributed by atoms with Gasteiger partial charge in [-0.15, -0.1) is 0 Å². The Bertz CT molecular complexity index is 503. The van der Waals surface area contributed by atoms with Gasteiger partial charge in [0.1, 0.15) is 5.75 Å². The number of rotatable bonds is 3. The molecule has 0 heterocycles. The topological polar surface area (TPSA) is 35.2 Å². The van der Waals surface area contributed by atoms with E-state index < -0.39 is 0 Å². The summed E-state index contributed by atoms with van der Waals surface area (Å²) in [6, 6.07) is 14.1. The maximum absolute atomic E-state index is 5.68. The monoisotopic (exact) mass is 227 g/mol. The van der Waals surface area contributed by atoms with Crippen LogP contribution in [0.1, 0.15) is 12.5 Å². The number of ether oxygens (including phenoxy) is 1. The fraction of sp³-hybridized carbons (Fsp3) is 0.200. The normalized spacial score (nSPS) is 10.2. The summed E-state index contributed by atoms with van der Waals surface area (Å²) in [6.45, 7) is 4.74. The van der Waals surface area contributed by atoms with Crippen LogP contribution in [0.2, 0.25) is 0 Å². The van der Waals surface area contributed by atoms with Crippen LogP contribution < -0.4 is 10.5 Å². The highest BCUT2D eigenvalue weighted by Crippen LogP contribution is 2.27. The molecule has 0 saturated heterocycles. The van der Waals surface area contributed by atoms with Crippen molar-refractivity contribution < 1.29 is 4.74 Å². The van der Waals surface area contributed by atoms with Crippen molar-refractivity contribution in [2.24, 2.45) is 0 Å². The Morgan fingerprint density at radius 1 is 1.00 bits per heavy atom. The summed E-state index contributed by atoms with van der Waals surface area (Å²) in [5, 5.41) is 0. The van der Waals surface area contributed by atoms with Crippen LogP contribution in [-0.2, 0) is 0 Å². The molecule has 0 unspecified atom stereocenters. The van der Waals surface area contributed by atoms with E-state index in [0.717, 1.165) is 28.1 Å². The fourth-order valence-corrected chi connectivity index (χ4v) is 1.77. The molecule has 0 aliphatic carbocycles. The highest BCUT2D eigenvalue weighted by atomic mass is 16.5. The van der Waals surface area contributed by atoms with Crippen molar-refractivity contribution in [1.29, 1.82) is 0 Å². The predicted octanol–water partition coefficient (Wildman–Crippen LogP) is 3.64. The van der Waals surface area contributed by atoms with E-state index in [1.165, 1.54) is 0 Å². The Hall–Kier alpha value is -1.96. The predicted molar refractivity (Wildman–Crippen MR) is 72.2 cm³/mol. The van der Waals surface area contributed by atoms with Crippen molar-refractivity contribution in [3.8, 4) is 16.9 Å². The maximum atomic E-state index is 5.68. The molecule has 0 aliphatic rings. The summed E-state index contributed by atoms with van der Waals surface area (Å²) in [7, 11) is 0. The van der Waals surface area contributed by atoms with Crippen LogP contribution in [0.4, 0.5) is 5.69 Å². The molecular formula is C15H17NO. The van der Waals surface area contributed by atoms with Gasteiger partial charge in [0.05, 0.1) is 6.61 Å². The van der Waals surface area contributed by atoms with E-state index in [-0.39, 0.29) is 0 Å². The minimum Gasteiger partial charge on any atom is -0.494 e. The molecule has 2 rings (SSSR count). The highest BCUT2D eigenvalue weighted by Gasteiger charge is 2.03. The quantitative estimate of drug-likeness (QED) is 0.812. The third-order valence-corrected chi connectivity index (χ3v) is 2.73. The second-order valence-electron chi connectivity index (χ2n) is 4.04. The third kappa shape index (κ3) is 2.59. The molecule has 2 aromatic carbocycles. The van der Waals surface area contributed by atoms with Crippen molar-refractivity contribution in [3.63, 3.8) is 0 Å². The second-order valence-corrected chi connectivity index (χ2v) is 4.04. The van der Waals surface area contributed by atoms with E-state index in [1.54, 1.807) is 0 Å². The summed E-state index contributed by atoms with van der Waals surface area (Å²) in [4.78, 5) is 0. The standard InChI is InChI=1S/C15H17NO/c1-3-17-15-10-13(5-4-11(15)2)12-6-8-14(16)9-7-12/h4-10H,3,16H2,1-2H3. The Kier molecular flexibility index (Phi) is 3.33. The average molecular weight is 227 g/mol. The number of hydrogen-bond donors (Lipinski definition) is 1. The number of nitrogens with two attached hydrogens (primary N) is 1. The van der Waals surface area contributed by atoms with Gasteiger partial charge in [-0.3, -0.25) is 0 Å². The Balaban J connectivity index is 2.39. The number of anilines is 1. The molecule has 2 nitrogen and oxygen atoms in total. The number of hydrogen-bond acceptors (Lipinski definition) is 2. The molecule has 2 heteroatoms. The second kappa shape index (κ2) is 4.91. The zero-order chi connectivity index (χ0) is 12.3. The first-order valence-corrected chi connectivity index (χ1v) is 5.80. The van der Waals surface area contributed by atoms with Crippen LogP contribution in [0, 0.1) is 6.92 Å². The van der Waals surface area contributed by atoms with Crippen molar-refractivity contribution in [1.82, 2.24) is 0 Å². The van der Waals surface area contributed by atoms with Crippen molar-refractivity contribution in [2.75, 3.05) is 12.3 Å². The molecule has 0 atom stereocenters. The molecular weight excluding hydrogens is 210 g/mol. The number of aryl methyl sites for hydroxylation is 1. The van der Waals surface area contributed by atoms with Gasteiger partial charge in [0, 0.05) is 5.69 Å². The molecule has 88 valence electrons. The highest BCUT2D eigenvalue weighted by molar-refractivity contribution is 5.67. The van der Waals surface area contributed by atoms with E-state index in [4.69, 9.17) is 10.5 Å². The van der Waals surface area contributed by atoms with E-state index in [0.29, 0.717) is 6.61 Å². The van der Waals surface area contributed by atoms with Crippen LogP contribution in [0.15, 0.2) is 42.5 Å². The van der Waals surface area contributed by atoms with Gasteiger partial charge in [-0.25, -0.2) is 0 Å². The van der Waals surface area contributed by atoms with Gasteiger partial charge in [-0.05, 0) is 48.7 Å². The van der Waals surface area contributed by atoms with Crippen molar-refractivity contribution in [3.05, 3.63) is 48.0 Å². The fourth-order valence-electron chi connectivity index (χ4n) is 1.77. The molecule has 0 spiro atoms. The van der Waals surface area contributed by atoms with E-state index in [9.17, 15) is 0 Å². The Labute approximate surface area is 102 Å². The molecule has 0 fully saturated rings. The molecule has 0 aromatic heterocycles.